The molecule has 0 saturated carbocycles. The molecular formula is C22H21F4N3O2. The zero-order valence-electron chi connectivity index (χ0n) is 16.8. The van der Waals surface area contributed by atoms with Crippen LogP contribution < -0.4 is 5.32 Å². The molecule has 164 valence electrons. The van der Waals surface area contributed by atoms with Crippen molar-refractivity contribution in [1.29, 1.82) is 0 Å². The molecule has 0 fully saturated rings. The minimum Gasteiger partial charge on any atom is -0.505 e. The largest absolute Gasteiger partial charge is 0.505 e. The third kappa shape index (κ3) is 3.37. The van der Waals surface area contributed by atoms with Crippen LogP contribution in [-0.2, 0) is 0 Å². The molecule has 9 heteroatoms. The number of nitrogens with zero attached hydrogens (tertiary/aromatic N) is 2. The van der Waals surface area contributed by atoms with E-state index in [2.05, 4.69) is 15.3 Å². The van der Waals surface area contributed by atoms with E-state index >= 15 is 0 Å². The first-order chi connectivity index (χ1) is 14.6. The highest BCUT2D eigenvalue weighted by Gasteiger charge is 2.62. The van der Waals surface area contributed by atoms with Crippen molar-refractivity contribution in [3.8, 4) is 5.75 Å². The Labute approximate surface area is 175 Å². The van der Waals surface area contributed by atoms with Crippen LogP contribution in [0.4, 0.5) is 23.2 Å². The Morgan fingerprint density at radius 2 is 1.97 bits per heavy atom. The van der Waals surface area contributed by atoms with Gasteiger partial charge in [0.2, 0.25) is 0 Å². The van der Waals surface area contributed by atoms with E-state index in [9.17, 15) is 27.8 Å². The van der Waals surface area contributed by atoms with Crippen molar-refractivity contribution in [2.45, 2.75) is 50.4 Å². The zero-order chi connectivity index (χ0) is 22.6. The average molecular weight is 435 g/mol. The van der Waals surface area contributed by atoms with Crippen LogP contribution in [0.1, 0.15) is 48.7 Å². The fourth-order valence-corrected chi connectivity index (χ4v) is 4.38. The monoisotopic (exact) mass is 435 g/mol. The van der Waals surface area contributed by atoms with Gasteiger partial charge in [-0.2, -0.15) is 13.2 Å². The maximum atomic E-state index is 14.2. The zero-order valence-corrected chi connectivity index (χ0v) is 16.8. The molecule has 0 radical (unpaired) electrons. The second-order valence-corrected chi connectivity index (χ2v) is 7.86. The number of hydrogen-bond acceptors (Lipinski definition) is 5. The molecule has 3 aromatic rings. The lowest BCUT2D eigenvalue weighted by atomic mass is 9.69. The topological polar surface area (TPSA) is 78.3 Å². The van der Waals surface area contributed by atoms with Crippen molar-refractivity contribution in [1.82, 2.24) is 9.97 Å². The highest BCUT2D eigenvalue weighted by atomic mass is 19.4. The fourth-order valence-electron chi connectivity index (χ4n) is 4.38. The second kappa shape index (κ2) is 7.33. The van der Waals surface area contributed by atoms with Crippen molar-refractivity contribution in [3.05, 3.63) is 59.3 Å². The quantitative estimate of drug-likeness (QED) is 0.498. The van der Waals surface area contributed by atoms with E-state index in [4.69, 9.17) is 0 Å². The van der Waals surface area contributed by atoms with Crippen molar-refractivity contribution >= 4 is 16.6 Å². The molecule has 31 heavy (non-hydrogen) atoms. The number of anilines is 1. The van der Waals surface area contributed by atoms with Gasteiger partial charge in [-0.05, 0) is 49.4 Å². The Bertz CT molecular complexity index is 1150. The first-order valence-corrected chi connectivity index (χ1v) is 9.86. The van der Waals surface area contributed by atoms with Crippen molar-refractivity contribution in [2.24, 2.45) is 0 Å². The Balaban J connectivity index is 1.93. The van der Waals surface area contributed by atoms with Crippen LogP contribution in [0.25, 0.3) is 10.9 Å². The van der Waals surface area contributed by atoms with E-state index in [-0.39, 0.29) is 23.2 Å². The van der Waals surface area contributed by atoms with Gasteiger partial charge in [0.1, 0.15) is 5.82 Å². The van der Waals surface area contributed by atoms with Gasteiger partial charge in [-0.15, -0.1) is 0 Å². The van der Waals surface area contributed by atoms with Crippen molar-refractivity contribution in [2.75, 3.05) is 5.32 Å². The number of aromatic hydroxyl groups is 1. The fraction of sp³-hybridized carbons (Fsp3) is 0.364. The maximum Gasteiger partial charge on any atom is 0.419 e. The van der Waals surface area contributed by atoms with Gasteiger partial charge < -0.3 is 15.5 Å². The molecule has 5 nitrogen and oxygen atoms in total. The molecule has 1 aliphatic carbocycles. The van der Waals surface area contributed by atoms with E-state index in [1.807, 2.05) is 0 Å². The smallest absolute Gasteiger partial charge is 0.419 e. The lowest BCUT2D eigenvalue weighted by molar-refractivity contribution is -0.272. The number of halogens is 4. The van der Waals surface area contributed by atoms with Crippen LogP contribution in [0.2, 0.25) is 0 Å². The third-order valence-electron chi connectivity index (χ3n) is 5.99. The maximum absolute atomic E-state index is 14.2. The normalized spacial score (nSPS) is 23.6. The van der Waals surface area contributed by atoms with Gasteiger partial charge in [-0.1, -0.05) is 19.1 Å². The Morgan fingerprint density at radius 1 is 1.23 bits per heavy atom. The highest BCUT2D eigenvalue weighted by Crippen LogP contribution is 2.55. The number of fused-ring (bicyclic) bond motifs is 2. The predicted octanol–water partition coefficient (Wildman–Crippen LogP) is 5.13. The first kappa shape index (κ1) is 21.3. The SMILES string of the molecule is CC[C@@H]1C[C@](O)(C(F)(F)F)[C@@H](Nc2cccc3nc(C)ncc23)c2ccc(F)c(O)c21. The van der Waals surface area contributed by atoms with Crippen molar-refractivity contribution in [3.63, 3.8) is 0 Å². The molecule has 0 bridgehead atoms. The highest BCUT2D eigenvalue weighted by molar-refractivity contribution is 5.91. The molecule has 0 amide bonds. The molecule has 0 aliphatic heterocycles. The number of benzene rings is 2. The summed E-state index contributed by atoms with van der Waals surface area (Å²) < 4.78 is 56.6. The Hall–Kier alpha value is -2.94. The summed E-state index contributed by atoms with van der Waals surface area (Å²) in [6.45, 7) is 3.33. The molecule has 3 N–H and O–H groups in total. The Kier molecular flexibility index (Phi) is 5.04. The molecule has 4 rings (SSSR count). The van der Waals surface area contributed by atoms with Crippen LogP contribution in [-0.4, -0.2) is 32.0 Å². The number of phenolic OH excluding ortho intramolecular Hbond substituents is 1. The van der Waals surface area contributed by atoms with Gasteiger partial charge >= 0.3 is 6.18 Å². The predicted molar refractivity (Wildman–Crippen MR) is 107 cm³/mol. The number of aliphatic hydroxyl groups is 1. The van der Waals surface area contributed by atoms with Gasteiger partial charge in [0.15, 0.2) is 17.2 Å². The van der Waals surface area contributed by atoms with Crippen LogP contribution >= 0.6 is 0 Å². The van der Waals surface area contributed by atoms with Crippen LogP contribution in [0.5, 0.6) is 5.75 Å². The van der Waals surface area contributed by atoms with E-state index in [1.165, 1.54) is 12.3 Å². The molecule has 0 unspecified atom stereocenters. The summed E-state index contributed by atoms with van der Waals surface area (Å²) in [4.78, 5) is 8.40. The lowest BCUT2D eigenvalue weighted by Crippen LogP contribution is -2.55. The van der Waals surface area contributed by atoms with Gasteiger partial charge in [0, 0.05) is 22.8 Å². The number of nitrogens with one attached hydrogen (secondary N) is 1. The molecule has 1 heterocycles. The number of phenols is 1. The minimum atomic E-state index is -4.97. The summed E-state index contributed by atoms with van der Waals surface area (Å²) in [6, 6.07) is 5.31. The number of aryl methyl sites for hydroxylation is 1. The number of hydrogen-bond donors (Lipinski definition) is 3. The van der Waals surface area contributed by atoms with E-state index < -0.39 is 41.7 Å². The molecular weight excluding hydrogens is 414 g/mol. The number of aromatic nitrogens is 2. The molecule has 0 saturated heterocycles. The summed E-state index contributed by atoms with van der Waals surface area (Å²) in [5.74, 6) is -1.96. The number of rotatable bonds is 3. The first-order valence-electron chi connectivity index (χ1n) is 9.86. The van der Waals surface area contributed by atoms with Gasteiger partial charge in [0.05, 0.1) is 11.6 Å². The summed E-state index contributed by atoms with van der Waals surface area (Å²) in [6.07, 6.45) is -4.00. The molecule has 3 atom stereocenters. The average Bonchev–Trinajstić information content (AvgIpc) is 2.71. The minimum absolute atomic E-state index is 0.00172. The van der Waals surface area contributed by atoms with E-state index in [0.29, 0.717) is 16.7 Å². The molecule has 1 aliphatic rings. The summed E-state index contributed by atoms with van der Waals surface area (Å²) >= 11 is 0. The third-order valence-corrected chi connectivity index (χ3v) is 5.99. The van der Waals surface area contributed by atoms with E-state index in [1.54, 1.807) is 32.0 Å². The van der Waals surface area contributed by atoms with E-state index in [0.717, 1.165) is 6.07 Å². The summed E-state index contributed by atoms with van der Waals surface area (Å²) in [5, 5.41) is 24.6. The van der Waals surface area contributed by atoms with Crippen molar-refractivity contribution < 1.29 is 27.8 Å². The van der Waals surface area contributed by atoms with Crippen LogP contribution in [0, 0.1) is 12.7 Å². The number of alkyl halides is 3. The lowest BCUT2D eigenvalue weighted by Gasteiger charge is -2.45. The summed E-state index contributed by atoms with van der Waals surface area (Å²) in [7, 11) is 0. The second-order valence-electron chi connectivity index (χ2n) is 7.86. The molecule has 1 aromatic heterocycles. The molecule has 0 spiro atoms. The van der Waals surface area contributed by atoms with Gasteiger partial charge in [-0.25, -0.2) is 14.4 Å². The van der Waals surface area contributed by atoms with Gasteiger partial charge in [-0.3, -0.25) is 0 Å². The van der Waals surface area contributed by atoms with Gasteiger partial charge in [0.25, 0.3) is 0 Å². The van der Waals surface area contributed by atoms with Crippen LogP contribution in [0.15, 0.2) is 36.5 Å². The van der Waals surface area contributed by atoms with Crippen LogP contribution in [0.3, 0.4) is 0 Å². The standard InChI is InChI=1S/C22H21F4N3O2/c1-3-12-9-21(31,22(24,25)26)20(13-7-8-15(23)19(30)18(12)13)29-17-6-4-5-16-14(17)10-27-11(2)28-16/h4-8,10,12,20,29-31H,3,9H2,1-2H3/t12-,20+,21-/m1/s1. The summed E-state index contributed by atoms with van der Waals surface area (Å²) in [5.41, 5.74) is -2.24. The molecule has 2 aromatic carbocycles. The Morgan fingerprint density at radius 3 is 2.65 bits per heavy atom.